The van der Waals surface area contributed by atoms with Gasteiger partial charge in [0.15, 0.2) is 17.6 Å². The van der Waals surface area contributed by atoms with E-state index in [0.29, 0.717) is 40.9 Å². The van der Waals surface area contributed by atoms with Crippen molar-refractivity contribution in [3.8, 4) is 5.75 Å². The third-order valence-electron chi connectivity index (χ3n) is 3.28. The van der Waals surface area contributed by atoms with Crippen molar-refractivity contribution in [1.29, 1.82) is 0 Å². The number of fused-ring (bicyclic) bond motifs is 1. The van der Waals surface area contributed by atoms with E-state index in [-0.39, 0.29) is 5.75 Å². The molecule has 2 aromatic rings. The fraction of sp³-hybridized carbons (Fsp3) is 0.333. The molecular weight excluding hydrogens is 353 g/mol. The molecule has 0 bridgehead atoms. The van der Waals surface area contributed by atoms with Crippen LogP contribution in [-0.2, 0) is 4.79 Å². The normalized spacial score (nSPS) is 17.0. The molecule has 126 valence electrons. The van der Waals surface area contributed by atoms with Crippen LogP contribution in [0.2, 0.25) is 0 Å². The highest BCUT2D eigenvalue weighted by molar-refractivity contribution is 8.15. The lowest BCUT2D eigenvalue weighted by Gasteiger charge is -2.05. The molecule has 1 aliphatic heterocycles. The number of benzene rings is 1. The molecular formula is C15H14FN3O3S2. The summed E-state index contributed by atoms with van der Waals surface area (Å²) < 4.78 is 20.3. The van der Waals surface area contributed by atoms with Crippen LogP contribution >= 0.6 is 23.1 Å². The minimum absolute atomic E-state index is 0.172. The van der Waals surface area contributed by atoms with Crippen LogP contribution in [0, 0.1) is 5.82 Å². The first-order chi connectivity index (χ1) is 11.6. The minimum Gasteiger partial charge on any atom is -0.490 e. The fourth-order valence-corrected chi connectivity index (χ4v) is 4.18. The molecule has 1 aromatic carbocycles. The Kier molecular flexibility index (Phi) is 5.10. The average Bonchev–Trinajstić information content (AvgIpc) is 3.17. The number of halogens is 1. The van der Waals surface area contributed by atoms with Gasteiger partial charge in [-0.1, -0.05) is 0 Å². The fourth-order valence-electron chi connectivity index (χ4n) is 2.11. The molecule has 1 aromatic heterocycles. The second-order valence-corrected chi connectivity index (χ2v) is 7.06. The monoisotopic (exact) mass is 367 g/mol. The summed E-state index contributed by atoms with van der Waals surface area (Å²) in [5.41, 5.74) is 0.509. The molecule has 0 saturated carbocycles. The number of aliphatic imine (C=N–C) groups is 2. The van der Waals surface area contributed by atoms with E-state index in [1.807, 2.05) is 0 Å². The van der Waals surface area contributed by atoms with Crippen LogP contribution < -0.4 is 4.74 Å². The van der Waals surface area contributed by atoms with Crippen LogP contribution in [0.1, 0.15) is 11.4 Å². The van der Waals surface area contributed by atoms with Crippen molar-refractivity contribution in [1.82, 2.24) is 4.98 Å². The Morgan fingerprint density at radius 1 is 1.54 bits per heavy atom. The van der Waals surface area contributed by atoms with Gasteiger partial charge in [0.25, 0.3) is 0 Å². The standard InChI is InChI=1S/C15H14FN3O3S2/c1-17-3-2-4-22-11-6-12-9(5-8(11)16)18-14(24-12)13-19-10(7-23-13)15(20)21/h5-6,10H,1-4,7H2,(H,20,21)/t10-/m1/s1. The van der Waals surface area contributed by atoms with Crippen LogP contribution in [0.25, 0.3) is 10.2 Å². The van der Waals surface area contributed by atoms with E-state index in [4.69, 9.17) is 9.84 Å². The number of hydrogen-bond donors (Lipinski definition) is 1. The Morgan fingerprint density at radius 3 is 3.08 bits per heavy atom. The number of hydrogen-bond acceptors (Lipinski definition) is 7. The van der Waals surface area contributed by atoms with E-state index in [0.717, 1.165) is 4.70 Å². The number of nitrogens with zero attached hydrogens (tertiary/aromatic N) is 3. The molecule has 6 nitrogen and oxygen atoms in total. The van der Waals surface area contributed by atoms with Crippen molar-refractivity contribution in [2.75, 3.05) is 18.9 Å². The molecule has 1 atom stereocenters. The lowest BCUT2D eigenvalue weighted by Crippen LogP contribution is -2.17. The molecule has 9 heteroatoms. The number of aromatic nitrogens is 1. The van der Waals surface area contributed by atoms with E-state index in [1.165, 1.54) is 29.2 Å². The first-order valence-corrected chi connectivity index (χ1v) is 8.98. The Morgan fingerprint density at radius 2 is 2.38 bits per heavy atom. The first kappa shape index (κ1) is 16.8. The Labute approximate surface area is 145 Å². The van der Waals surface area contributed by atoms with Crippen molar-refractivity contribution in [3.63, 3.8) is 0 Å². The Bertz CT molecular complexity index is 822. The average molecular weight is 367 g/mol. The summed E-state index contributed by atoms with van der Waals surface area (Å²) in [6.07, 6.45) is 0.666. The van der Waals surface area contributed by atoms with Crippen LogP contribution in [-0.4, -0.2) is 52.8 Å². The second-order valence-electron chi connectivity index (χ2n) is 5.02. The number of aliphatic carboxylic acids is 1. The highest BCUT2D eigenvalue weighted by Crippen LogP contribution is 2.33. The van der Waals surface area contributed by atoms with Crippen LogP contribution in [0.4, 0.5) is 4.39 Å². The van der Waals surface area contributed by atoms with Gasteiger partial charge in [-0.3, -0.25) is 4.99 Å². The summed E-state index contributed by atoms with van der Waals surface area (Å²) in [7, 11) is 0. The van der Waals surface area contributed by atoms with Gasteiger partial charge in [0, 0.05) is 30.9 Å². The van der Waals surface area contributed by atoms with Gasteiger partial charge in [-0.2, -0.15) is 0 Å². The van der Waals surface area contributed by atoms with Crippen molar-refractivity contribution in [2.24, 2.45) is 9.98 Å². The van der Waals surface area contributed by atoms with Crippen molar-refractivity contribution >= 4 is 51.0 Å². The maximum Gasteiger partial charge on any atom is 0.329 e. The van der Waals surface area contributed by atoms with E-state index in [1.54, 1.807) is 6.07 Å². The number of thioether (sulfide) groups is 1. The number of rotatable bonds is 7. The second kappa shape index (κ2) is 7.27. The summed E-state index contributed by atoms with van der Waals surface area (Å²) >= 11 is 2.69. The predicted octanol–water partition coefficient (Wildman–Crippen LogP) is 2.85. The third-order valence-corrected chi connectivity index (χ3v) is 5.49. The van der Waals surface area contributed by atoms with Crippen molar-refractivity contribution in [3.05, 3.63) is 23.0 Å². The molecule has 0 aliphatic carbocycles. The Hall–Kier alpha value is -2.00. The van der Waals surface area contributed by atoms with Crippen LogP contribution in [0.3, 0.4) is 0 Å². The van der Waals surface area contributed by atoms with Gasteiger partial charge in [-0.25, -0.2) is 14.2 Å². The molecule has 1 N–H and O–H groups in total. The summed E-state index contributed by atoms with van der Waals surface area (Å²) in [5.74, 6) is -0.864. The summed E-state index contributed by atoms with van der Waals surface area (Å²) in [6, 6.07) is 2.19. The van der Waals surface area contributed by atoms with Crippen LogP contribution in [0.15, 0.2) is 22.1 Å². The van der Waals surface area contributed by atoms with Gasteiger partial charge in [-0.15, -0.1) is 23.1 Å². The van der Waals surface area contributed by atoms with E-state index < -0.39 is 17.8 Å². The van der Waals surface area contributed by atoms with Gasteiger partial charge in [-0.05, 0) is 6.72 Å². The third kappa shape index (κ3) is 3.57. The molecule has 0 fully saturated rings. The van der Waals surface area contributed by atoms with E-state index in [2.05, 4.69) is 21.7 Å². The summed E-state index contributed by atoms with van der Waals surface area (Å²) in [4.78, 5) is 23.2. The number of ether oxygens (including phenoxy) is 1. The first-order valence-electron chi connectivity index (χ1n) is 7.17. The van der Waals surface area contributed by atoms with E-state index >= 15 is 0 Å². The molecule has 1 aliphatic rings. The van der Waals surface area contributed by atoms with Gasteiger partial charge < -0.3 is 14.8 Å². The summed E-state index contributed by atoms with van der Waals surface area (Å²) in [6.45, 7) is 4.31. The number of carbonyl (C=O) groups is 1. The zero-order valence-corrected chi connectivity index (χ0v) is 14.2. The summed E-state index contributed by atoms with van der Waals surface area (Å²) in [5, 5.41) is 10.2. The highest BCUT2D eigenvalue weighted by Gasteiger charge is 2.27. The molecule has 0 spiro atoms. The lowest BCUT2D eigenvalue weighted by atomic mass is 10.3. The smallest absolute Gasteiger partial charge is 0.329 e. The molecule has 0 amide bonds. The lowest BCUT2D eigenvalue weighted by molar-refractivity contribution is -0.137. The SMILES string of the molecule is C=NCCCOc1cc2sc(C3=N[C@@H](C(=O)O)CS3)nc2cc1F. The Balaban J connectivity index is 1.82. The molecule has 3 rings (SSSR count). The number of carboxylic acid groups (broad SMARTS) is 1. The quantitative estimate of drug-likeness (QED) is 0.601. The maximum absolute atomic E-state index is 14.1. The molecule has 0 saturated heterocycles. The van der Waals surface area contributed by atoms with Crippen LogP contribution in [0.5, 0.6) is 5.75 Å². The van der Waals surface area contributed by atoms with Crippen molar-refractivity contribution in [2.45, 2.75) is 12.5 Å². The molecule has 0 unspecified atom stereocenters. The molecule has 0 radical (unpaired) electrons. The molecule has 24 heavy (non-hydrogen) atoms. The van der Waals surface area contributed by atoms with Crippen molar-refractivity contribution < 1.29 is 19.0 Å². The van der Waals surface area contributed by atoms with Gasteiger partial charge in [0.2, 0.25) is 0 Å². The van der Waals surface area contributed by atoms with Gasteiger partial charge in [0.05, 0.1) is 16.8 Å². The maximum atomic E-state index is 14.1. The predicted molar refractivity (Wildman–Crippen MR) is 94.5 cm³/mol. The largest absolute Gasteiger partial charge is 0.490 e. The number of thiazole rings is 1. The van der Waals surface area contributed by atoms with E-state index in [9.17, 15) is 9.18 Å². The molecule has 2 heterocycles. The zero-order valence-electron chi connectivity index (χ0n) is 12.6. The highest BCUT2D eigenvalue weighted by atomic mass is 32.2. The van der Waals surface area contributed by atoms with Gasteiger partial charge >= 0.3 is 5.97 Å². The topological polar surface area (TPSA) is 84.1 Å². The minimum atomic E-state index is -0.950. The zero-order chi connectivity index (χ0) is 17.1. The van der Waals surface area contributed by atoms with Gasteiger partial charge in [0.1, 0.15) is 10.1 Å². The number of carboxylic acids is 1.